The predicted octanol–water partition coefficient (Wildman–Crippen LogP) is 2.24. The fraction of sp³-hybridized carbons (Fsp3) is 0.231. The third kappa shape index (κ3) is 2.94. The fourth-order valence-electron chi connectivity index (χ4n) is 1.72. The van der Waals surface area contributed by atoms with Gasteiger partial charge in [-0.2, -0.15) is 5.10 Å². The standard InChI is InChI=1S/C13H14ClN3O2/c1-15-13(18)12-6-11(16-17-12)8-3-4-10(14)9(5-8)7-19-2/h3-6H,7H2,1-2H3,(H,15,18)(H,16,17). The lowest BCUT2D eigenvalue weighted by Crippen LogP contribution is -2.17. The average Bonchev–Trinajstić information content (AvgIpc) is 2.90. The molecule has 5 nitrogen and oxygen atoms in total. The first-order chi connectivity index (χ1) is 9.15. The lowest BCUT2D eigenvalue weighted by Gasteiger charge is -2.05. The molecule has 1 aromatic carbocycles. The van der Waals surface area contributed by atoms with Crippen molar-refractivity contribution in [1.29, 1.82) is 0 Å². The van der Waals surface area contributed by atoms with Crippen molar-refractivity contribution in [1.82, 2.24) is 15.5 Å². The summed E-state index contributed by atoms with van der Waals surface area (Å²) in [6.07, 6.45) is 0. The van der Waals surface area contributed by atoms with Crippen LogP contribution in [0.25, 0.3) is 11.3 Å². The minimum atomic E-state index is -0.204. The van der Waals surface area contributed by atoms with Crippen LogP contribution >= 0.6 is 11.6 Å². The molecule has 0 spiro atoms. The van der Waals surface area contributed by atoms with Gasteiger partial charge in [0, 0.05) is 24.7 Å². The average molecular weight is 280 g/mol. The number of H-pyrrole nitrogens is 1. The largest absolute Gasteiger partial charge is 0.380 e. The molecule has 0 fully saturated rings. The van der Waals surface area contributed by atoms with Gasteiger partial charge in [0.25, 0.3) is 5.91 Å². The highest BCUT2D eigenvalue weighted by atomic mass is 35.5. The molecule has 0 aliphatic rings. The monoisotopic (exact) mass is 279 g/mol. The van der Waals surface area contributed by atoms with Crippen LogP contribution < -0.4 is 5.32 Å². The minimum Gasteiger partial charge on any atom is -0.380 e. The summed E-state index contributed by atoms with van der Waals surface area (Å²) >= 11 is 6.07. The number of benzene rings is 1. The van der Waals surface area contributed by atoms with Gasteiger partial charge in [0.1, 0.15) is 5.69 Å². The number of hydrogen-bond acceptors (Lipinski definition) is 3. The maximum Gasteiger partial charge on any atom is 0.269 e. The molecule has 0 bridgehead atoms. The second-order valence-electron chi connectivity index (χ2n) is 3.99. The van der Waals surface area contributed by atoms with Crippen LogP contribution in [0.1, 0.15) is 16.1 Å². The molecule has 0 aliphatic heterocycles. The molecule has 1 aromatic heterocycles. The van der Waals surface area contributed by atoms with E-state index in [9.17, 15) is 4.79 Å². The second kappa shape index (κ2) is 5.86. The van der Waals surface area contributed by atoms with E-state index < -0.39 is 0 Å². The zero-order chi connectivity index (χ0) is 13.8. The predicted molar refractivity (Wildman–Crippen MR) is 73.1 cm³/mol. The number of rotatable bonds is 4. The molecular weight excluding hydrogens is 266 g/mol. The van der Waals surface area contributed by atoms with Gasteiger partial charge >= 0.3 is 0 Å². The van der Waals surface area contributed by atoms with Crippen molar-refractivity contribution in [2.24, 2.45) is 0 Å². The summed E-state index contributed by atoms with van der Waals surface area (Å²) in [7, 11) is 3.18. The van der Waals surface area contributed by atoms with E-state index in [1.165, 1.54) is 0 Å². The first kappa shape index (κ1) is 13.6. The van der Waals surface area contributed by atoms with Crippen LogP contribution in [0.3, 0.4) is 0 Å². The van der Waals surface area contributed by atoms with Crippen LogP contribution in [0.15, 0.2) is 24.3 Å². The van der Waals surface area contributed by atoms with Crippen molar-refractivity contribution in [2.75, 3.05) is 14.2 Å². The maximum absolute atomic E-state index is 11.5. The van der Waals surface area contributed by atoms with Crippen LogP contribution in [0.5, 0.6) is 0 Å². The van der Waals surface area contributed by atoms with Gasteiger partial charge in [-0.25, -0.2) is 0 Å². The van der Waals surface area contributed by atoms with Gasteiger partial charge in [-0.05, 0) is 23.8 Å². The highest BCUT2D eigenvalue weighted by Crippen LogP contribution is 2.24. The van der Waals surface area contributed by atoms with Crippen LogP contribution in [0.4, 0.5) is 0 Å². The third-order valence-corrected chi connectivity index (χ3v) is 3.06. The molecule has 1 amide bonds. The van der Waals surface area contributed by atoms with Crippen LogP contribution in [-0.2, 0) is 11.3 Å². The third-order valence-electron chi connectivity index (χ3n) is 2.69. The lowest BCUT2D eigenvalue weighted by molar-refractivity contribution is 0.0958. The molecule has 0 saturated heterocycles. The molecule has 0 saturated carbocycles. The van der Waals surface area contributed by atoms with Gasteiger partial charge in [-0.15, -0.1) is 0 Å². The van der Waals surface area contributed by atoms with E-state index in [0.717, 1.165) is 11.1 Å². The number of hydrogen-bond donors (Lipinski definition) is 2. The number of ether oxygens (including phenoxy) is 1. The zero-order valence-electron chi connectivity index (χ0n) is 10.7. The summed E-state index contributed by atoms with van der Waals surface area (Å²) in [6, 6.07) is 7.24. The summed E-state index contributed by atoms with van der Waals surface area (Å²) in [6.45, 7) is 0.430. The molecule has 6 heteroatoms. The first-order valence-corrected chi connectivity index (χ1v) is 6.08. The van der Waals surface area contributed by atoms with Crippen molar-refractivity contribution in [3.05, 3.63) is 40.5 Å². The summed E-state index contributed by atoms with van der Waals surface area (Å²) in [5.74, 6) is -0.204. The van der Waals surface area contributed by atoms with E-state index in [0.29, 0.717) is 23.0 Å². The fourth-order valence-corrected chi connectivity index (χ4v) is 1.89. The Balaban J connectivity index is 2.33. The van der Waals surface area contributed by atoms with Gasteiger partial charge in [-0.3, -0.25) is 9.89 Å². The van der Waals surface area contributed by atoms with Crippen LogP contribution in [-0.4, -0.2) is 30.3 Å². The number of nitrogens with one attached hydrogen (secondary N) is 2. The summed E-state index contributed by atoms with van der Waals surface area (Å²) in [4.78, 5) is 11.5. The van der Waals surface area contributed by atoms with E-state index in [4.69, 9.17) is 16.3 Å². The number of aromatic nitrogens is 2. The molecule has 2 rings (SSSR count). The molecule has 0 aliphatic carbocycles. The zero-order valence-corrected chi connectivity index (χ0v) is 11.4. The number of methoxy groups -OCH3 is 1. The molecule has 2 aromatic rings. The molecule has 0 atom stereocenters. The van der Waals surface area contributed by atoms with E-state index in [1.54, 1.807) is 26.3 Å². The van der Waals surface area contributed by atoms with Crippen molar-refractivity contribution in [2.45, 2.75) is 6.61 Å². The molecule has 0 unspecified atom stereocenters. The van der Waals surface area contributed by atoms with Crippen molar-refractivity contribution in [3.63, 3.8) is 0 Å². The van der Waals surface area contributed by atoms with Gasteiger partial charge < -0.3 is 10.1 Å². The van der Waals surface area contributed by atoms with Crippen molar-refractivity contribution < 1.29 is 9.53 Å². The Morgan fingerprint density at radius 1 is 1.47 bits per heavy atom. The maximum atomic E-state index is 11.5. The SMILES string of the molecule is CNC(=O)c1cc(-c2ccc(Cl)c(COC)c2)n[nH]1. The van der Waals surface area contributed by atoms with Gasteiger partial charge in [0.05, 0.1) is 12.3 Å². The Labute approximate surface area is 115 Å². The number of carbonyl (C=O) groups excluding carboxylic acids is 1. The van der Waals surface area contributed by atoms with E-state index in [-0.39, 0.29) is 5.91 Å². The van der Waals surface area contributed by atoms with Gasteiger partial charge in [-0.1, -0.05) is 17.7 Å². The van der Waals surface area contributed by atoms with E-state index in [2.05, 4.69) is 15.5 Å². The van der Waals surface area contributed by atoms with Crippen molar-refractivity contribution in [3.8, 4) is 11.3 Å². The summed E-state index contributed by atoms with van der Waals surface area (Å²) in [5, 5.41) is 9.99. The molecular formula is C13H14ClN3O2. The molecule has 0 radical (unpaired) electrons. The highest BCUT2D eigenvalue weighted by Gasteiger charge is 2.10. The Morgan fingerprint density at radius 2 is 2.26 bits per heavy atom. The molecule has 2 N–H and O–H groups in total. The smallest absolute Gasteiger partial charge is 0.269 e. The Hall–Kier alpha value is -1.85. The molecule has 100 valence electrons. The van der Waals surface area contributed by atoms with Crippen LogP contribution in [0.2, 0.25) is 5.02 Å². The topological polar surface area (TPSA) is 67.0 Å². The van der Waals surface area contributed by atoms with Crippen LogP contribution in [0, 0.1) is 0 Å². The first-order valence-electron chi connectivity index (χ1n) is 5.71. The van der Waals surface area contributed by atoms with Gasteiger partial charge in [0.2, 0.25) is 0 Å². The minimum absolute atomic E-state index is 0.204. The summed E-state index contributed by atoms with van der Waals surface area (Å²) < 4.78 is 5.08. The van der Waals surface area contributed by atoms with E-state index in [1.807, 2.05) is 12.1 Å². The number of aromatic amines is 1. The van der Waals surface area contributed by atoms with Crippen molar-refractivity contribution >= 4 is 17.5 Å². The summed E-state index contributed by atoms with van der Waals surface area (Å²) in [5.41, 5.74) is 2.86. The van der Waals surface area contributed by atoms with E-state index >= 15 is 0 Å². The Morgan fingerprint density at radius 3 is 2.95 bits per heavy atom. The number of carbonyl (C=O) groups is 1. The quantitative estimate of drug-likeness (QED) is 0.902. The number of halogens is 1. The Kier molecular flexibility index (Phi) is 4.19. The number of amides is 1. The van der Waals surface area contributed by atoms with Gasteiger partial charge in [0.15, 0.2) is 0 Å². The molecule has 1 heterocycles. The lowest BCUT2D eigenvalue weighted by atomic mass is 10.1. The second-order valence-corrected chi connectivity index (χ2v) is 4.39. The Bertz CT molecular complexity index is 595. The molecule has 19 heavy (non-hydrogen) atoms. The highest BCUT2D eigenvalue weighted by molar-refractivity contribution is 6.31. The normalized spacial score (nSPS) is 10.5. The number of nitrogens with zero attached hydrogens (tertiary/aromatic N) is 1.